The normalized spacial score (nSPS) is 10.2. The maximum atomic E-state index is 11.9. The highest BCUT2D eigenvalue weighted by Gasteiger charge is 2.11. The average molecular weight is 466 g/mol. The zero-order chi connectivity index (χ0) is 25.7. The number of nitrogens with zero attached hydrogens (tertiary/aromatic N) is 1. The second-order valence-corrected chi connectivity index (χ2v) is 8.29. The van der Waals surface area contributed by atoms with Crippen LogP contribution in [0.2, 0.25) is 0 Å². The van der Waals surface area contributed by atoms with Crippen molar-refractivity contribution in [2.45, 2.75) is 92.0 Å². The van der Waals surface area contributed by atoms with E-state index in [-0.39, 0.29) is 25.3 Å². The number of aldehydes is 1. The Morgan fingerprint density at radius 2 is 1.70 bits per heavy atom. The van der Waals surface area contributed by atoms with E-state index in [0.717, 1.165) is 18.4 Å². The maximum Gasteiger partial charge on any atom is 0.251 e. The Morgan fingerprint density at radius 3 is 2.18 bits per heavy atom. The number of amides is 2. The smallest absolute Gasteiger partial charge is 0.251 e. The molecule has 0 aromatic heterocycles. The summed E-state index contributed by atoms with van der Waals surface area (Å²) in [5.41, 5.74) is 2.09. The van der Waals surface area contributed by atoms with Crippen LogP contribution in [0.25, 0.3) is 0 Å². The van der Waals surface area contributed by atoms with Crippen molar-refractivity contribution >= 4 is 18.1 Å². The summed E-state index contributed by atoms with van der Waals surface area (Å²) in [7, 11) is 2.01. The lowest BCUT2D eigenvalue weighted by molar-refractivity contribution is -0.165. The highest BCUT2D eigenvalue weighted by atomic mass is 16.5. The van der Waals surface area contributed by atoms with Crippen molar-refractivity contribution in [3.05, 3.63) is 35.4 Å². The van der Waals surface area contributed by atoms with Gasteiger partial charge in [-0.3, -0.25) is 14.8 Å². The Bertz CT molecular complexity index is 645. The Hall–Kier alpha value is -2.25. The molecular formula is C26H47N3O4. The molecule has 0 heterocycles. The quantitative estimate of drug-likeness (QED) is 0.166. The van der Waals surface area contributed by atoms with Crippen LogP contribution in [0.5, 0.6) is 0 Å². The van der Waals surface area contributed by atoms with Crippen LogP contribution in [0, 0.1) is 6.92 Å². The van der Waals surface area contributed by atoms with Gasteiger partial charge in [0, 0.05) is 37.0 Å². The van der Waals surface area contributed by atoms with E-state index in [1.54, 1.807) is 12.1 Å². The average Bonchev–Trinajstić information content (AvgIpc) is 2.81. The van der Waals surface area contributed by atoms with Crippen LogP contribution in [0.4, 0.5) is 0 Å². The van der Waals surface area contributed by atoms with Gasteiger partial charge in [0.1, 0.15) is 6.29 Å². The zero-order valence-electron chi connectivity index (χ0n) is 21.9. The molecule has 0 bridgehead atoms. The first kappa shape index (κ1) is 32.9. The van der Waals surface area contributed by atoms with E-state index >= 15 is 0 Å². The minimum atomic E-state index is -0.440. The third kappa shape index (κ3) is 17.9. The lowest BCUT2D eigenvalue weighted by atomic mass is 10.00. The lowest BCUT2D eigenvalue weighted by Crippen LogP contribution is -2.35. The van der Waals surface area contributed by atoms with Crippen molar-refractivity contribution < 1.29 is 19.6 Å². The molecule has 0 fully saturated rings. The first-order valence-electron chi connectivity index (χ1n) is 12.1. The second kappa shape index (κ2) is 20.4. The van der Waals surface area contributed by atoms with Crippen LogP contribution < -0.4 is 10.6 Å². The molecule has 7 nitrogen and oxygen atoms in total. The van der Waals surface area contributed by atoms with Gasteiger partial charge in [-0.05, 0) is 65.6 Å². The second-order valence-electron chi connectivity index (χ2n) is 8.29. The van der Waals surface area contributed by atoms with E-state index in [4.69, 9.17) is 0 Å². The van der Waals surface area contributed by atoms with Gasteiger partial charge < -0.3 is 15.4 Å². The van der Waals surface area contributed by atoms with Crippen molar-refractivity contribution in [2.24, 2.45) is 0 Å². The van der Waals surface area contributed by atoms with Crippen LogP contribution >= 0.6 is 0 Å². The summed E-state index contributed by atoms with van der Waals surface area (Å²) in [5, 5.41) is 16.2. The van der Waals surface area contributed by atoms with Crippen LogP contribution in [0.1, 0.15) is 95.5 Å². The summed E-state index contributed by atoms with van der Waals surface area (Å²) in [6.07, 6.45) is 5.53. The molecule has 0 saturated heterocycles. The highest BCUT2D eigenvalue weighted by molar-refractivity contribution is 5.94. The largest absolute Gasteiger partial charge is 0.352 e. The number of hydrogen-bond donors (Lipinski definition) is 3. The predicted molar refractivity (Wildman–Crippen MR) is 136 cm³/mol. The van der Waals surface area contributed by atoms with Gasteiger partial charge in [-0.25, -0.2) is 5.06 Å². The molecule has 1 aromatic rings. The van der Waals surface area contributed by atoms with Crippen molar-refractivity contribution in [3.63, 3.8) is 0 Å². The van der Waals surface area contributed by atoms with Crippen LogP contribution in [0.15, 0.2) is 24.3 Å². The summed E-state index contributed by atoms with van der Waals surface area (Å²) in [4.78, 5) is 33.4. The number of hydrogen-bond acceptors (Lipinski definition) is 5. The van der Waals surface area contributed by atoms with Gasteiger partial charge >= 0.3 is 0 Å². The topological polar surface area (TPSA) is 98.7 Å². The SMILES string of the molecule is CC.CCCC(C)(C)NC.Cc1ccc(C(=O)NCCCCCN(O)C(=O)CCC=O)cc1. The molecule has 7 heteroatoms. The minimum Gasteiger partial charge on any atom is -0.352 e. The molecule has 33 heavy (non-hydrogen) atoms. The van der Waals surface area contributed by atoms with Crippen molar-refractivity contribution in [1.82, 2.24) is 15.7 Å². The molecule has 0 atom stereocenters. The molecule has 0 radical (unpaired) electrons. The lowest BCUT2D eigenvalue weighted by Gasteiger charge is -2.22. The Morgan fingerprint density at radius 1 is 1.09 bits per heavy atom. The van der Waals surface area contributed by atoms with E-state index < -0.39 is 5.91 Å². The molecule has 190 valence electrons. The summed E-state index contributed by atoms with van der Waals surface area (Å²) in [6, 6.07) is 7.37. The number of aryl methyl sites for hydroxylation is 1. The first-order chi connectivity index (χ1) is 15.7. The van der Waals surface area contributed by atoms with Gasteiger partial charge in [0.25, 0.3) is 5.91 Å². The summed E-state index contributed by atoms with van der Waals surface area (Å²) >= 11 is 0. The highest BCUT2D eigenvalue weighted by Crippen LogP contribution is 2.08. The van der Waals surface area contributed by atoms with Crippen LogP contribution in [0.3, 0.4) is 0 Å². The molecule has 0 saturated carbocycles. The van der Waals surface area contributed by atoms with Crippen molar-refractivity contribution in [2.75, 3.05) is 20.1 Å². The van der Waals surface area contributed by atoms with Gasteiger partial charge in [0.05, 0.1) is 0 Å². The Labute approximate surface area is 201 Å². The number of nitrogens with one attached hydrogen (secondary N) is 2. The number of carbonyl (C=O) groups is 3. The standard InChI is InChI=1S/C17H24N2O4.C7H17N.C2H6/c1-14-7-9-15(10-8-14)17(22)18-11-3-2-4-12-19(23)16(21)6-5-13-20;1-5-6-7(2,3)8-4;1-2/h7-10,13,23H,2-6,11-12H2,1H3,(H,18,22);8H,5-6H2,1-4H3;1-2H3. The van der Waals surface area contributed by atoms with Crippen molar-refractivity contribution in [3.8, 4) is 0 Å². The molecule has 0 spiro atoms. The number of carbonyl (C=O) groups excluding carboxylic acids is 3. The van der Waals surface area contributed by atoms with Gasteiger partial charge in [-0.1, -0.05) is 44.9 Å². The zero-order valence-corrected chi connectivity index (χ0v) is 21.9. The van der Waals surface area contributed by atoms with Gasteiger partial charge in [-0.2, -0.15) is 0 Å². The third-order valence-electron chi connectivity index (χ3n) is 4.96. The van der Waals surface area contributed by atoms with E-state index in [0.29, 0.717) is 35.4 Å². The van der Waals surface area contributed by atoms with Crippen molar-refractivity contribution in [1.29, 1.82) is 0 Å². The number of hydroxylamine groups is 2. The van der Waals surface area contributed by atoms with E-state index in [9.17, 15) is 19.6 Å². The van der Waals surface area contributed by atoms with Crippen LogP contribution in [-0.4, -0.2) is 54.0 Å². The molecule has 1 aromatic carbocycles. The van der Waals surface area contributed by atoms with Gasteiger partial charge in [0.2, 0.25) is 5.91 Å². The predicted octanol–water partition coefficient (Wildman–Crippen LogP) is 4.90. The molecule has 0 aliphatic heterocycles. The molecule has 0 unspecified atom stereocenters. The molecule has 0 aliphatic rings. The van der Waals surface area contributed by atoms with E-state index in [1.165, 1.54) is 12.8 Å². The molecule has 0 aliphatic carbocycles. The van der Waals surface area contributed by atoms with Crippen LogP contribution in [-0.2, 0) is 9.59 Å². The summed E-state index contributed by atoms with van der Waals surface area (Å²) in [6.45, 7) is 13.4. The molecule has 2 amide bonds. The summed E-state index contributed by atoms with van der Waals surface area (Å²) in [5.74, 6) is -0.539. The number of rotatable bonds is 13. The fraction of sp³-hybridized carbons (Fsp3) is 0.654. The number of benzene rings is 1. The Kier molecular flexibility index (Phi) is 20.3. The third-order valence-corrected chi connectivity index (χ3v) is 4.96. The fourth-order valence-electron chi connectivity index (χ4n) is 2.76. The van der Waals surface area contributed by atoms with E-state index in [1.807, 2.05) is 40.0 Å². The monoisotopic (exact) mass is 465 g/mol. The van der Waals surface area contributed by atoms with Gasteiger partial charge in [0.15, 0.2) is 0 Å². The maximum absolute atomic E-state index is 11.9. The van der Waals surface area contributed by atoms with Gasteiger partial charge in [-0.15, -0.1) is 0 Å². The minimum absolute atomic E-state index is 0.0343. The fourth-order valence-corrected chi connectivity index (χ4v) is 2.76. The molecule has 3 N–H and O–H groups in total. The van der Waals surface area contributed by atoms with E-state index in [2.05, 4.69) is 31.4 Å². The Balaban J connectivity index is 0. The molecule has 1 rings (SSSR count). The first-order valence-corrected chi connectivity index (χ1v) is 12.1. The summed E-state index contributed by atoms with van der Waals surface area (Å²) < 4.78 is 0. The molecular weight excluding hydrogens is 418 g/mol. The number of unbranched alkanes of at least 4 members (excludes halogenated alkanes) is 2.